The lowest BCUT2D eigenvalue weighted by Gasteiger charge is -2.17. The number of hydrogen-bond donors (Lipinski definition) is 1. The van der Waals surface area contributed by atoms with Gasteiger partial charge in [0.1, 0.15) is 6.10 Å². The van der Waals surface area contributed by atoms with Gasteiger partial charge < -0.3 is 5.11 Å². The molecule has 0 aliphatic heterocycles. The number of benzene rings is 1. The Kier molecular flexibility index (Phi) is 4.88. The first-order chi connectivity index (χ1) is 11.7. The van der Waals surface area contributed by atoms with Gasteiger partial charge in [-0.3, -0.25) is 4.98 Å². The van der Waals surface area contributed by atoms with Crippen molar-refractivity contribution in [3.8, 4) is 11.1 Å². The van der Waals surface area contributed by atoms with Gasteiger partial charge in [-0.05, 0) is 35.3 Å². The number of pyridine rings is 1. The third-order valence-electron chi connectivity index (χ3n) is 4.27. The summed E-state index contributed by atoms with van der Waals surface area (Å²) in [5.41, 5.74) is 5.80. The largest absolute Gasteiger partial charge is 0.384 e. The molecule has 1 aliphatic carbocycles. The van der Waals surface area contributed by atoms with Crippen LogP contribution in [0.4, 0.5) is 0 Å². The highest BCUT2D eigenvalue weighted by Crippen LogP contribution is 2.35. The van der Waals surface area contributed by atoms with Gasteiger partial charge in [-0.15, -0.1) is 0 Å². The molecule has 1 unspecified atom stereocenters. The molecule has 0 amide bonds. The van der Waals surface area contributed by atoms with Crippen molar-refractivity contribution in [1.82, 2.24) is 4.98 Å². The molecule has 0 bridgehead atoms. The summed E-state index contributed by atoms with van der Waals surface area (Å²) in [7, 11) is 0. The SMILES string of the molecule is C=C/C=C\C1=C(CC)C(O)c2cc(-c3ccccc3)cnc2C=C1. The van der Waals surface area contributed by atoms with Crippen LogP contribution in [0, 0.1) is 0 Å². The zero-order valence-corrected chi connectivity index (χ0v) is 13.8. The molecule has 2 heteroatoms. The molecular formula is C22H21NO. The van der Waals surface area contributed by atoms with E-state index < -0.39 is 6.10 Å². The van der Waals surface area contributed by atoms with E-state index in [-0.39, 0.29) is 0 Å². The van der Waals surface area contributed by atoms with Crippen LogP contribution in [0.25, 0.3) is 17.2 Å². The fraction of sp³-hybridized carbons (Fsp3) is 0.136. The van der Waals surface area contributed by atoms with Crippen molar-refractivity contribution in [2.24, 2.45) is 0 Å². The summed E-state index contributed by atoms with van der Waals surface area (Å²) >= 11 is 0. The minimum atomic E-state index is -0.652. The smallest absolute Gasteiger partial charge is 0.103 e. The summed E-state index contributed by atoms with van der Waals surface area (Å²) < 4.78 is 0. The van der Waals surface area contributed by atoms with Crippen LogP contribution in [0.1, 0.15) is 30.7 Å². The molecule has 0 radical (unpaired) electrons. The lowest BCUT2D eigenvalue weighted by atomic mass is 9.94. The number of aliphatic hydroxyl groups is 1. The Morgan fingerprint density at radius 3 is 2.67 bits per heavy atom. The normalized spacial score (nSPS) is 17.0. The van der Waals surface area contributed by atoms with Gasteiger partial charge in [0.25, 0.3) is 0 Å². The molecule has 0 fully saturated rings. The van der Waals surface area contributed by atoms with Gasteiger partial charge in [-0.1, -0.05) is 68.1 Å². The fourth-order valence-electron chi connectivity index (χ4n) is 2.99. The lowest BCUT2D eigenvalue weighted by molar-refractivity contribution is 0.211. The van der Waals surface area contributed by atoms with Gasteiger partial charge in [-0.25, -0.2) is 0 Å². The fourth-order valence-corrected chi connectivity index (χ4v) is 2.99. The van der Waals surface area contributed by atoms with Gasteiger partial charge in [0.2, 0.25) is 0 Å². The molecular weight excluding hydrogens is 294 g/mol. The molecule has 1 atom stereocenters. The van der Waals surface area contributed by atoms with Gasteiger partial charge >= 0.3 is 0 Å². The predicted octanol–water partition coefficient (Wildman–Crippen LogP) is 5.26. The number of hydrogen-bond acceptors (Lipinski definition) is 2. The van der Waals surface area contributed by atoms with E-state index in [1.54, 1.807) is 6.08 Å². The van der Waals surface area contributed by atoms with Crippen molar-refractivity contribution in [1.29, 1.82) is 0 Å². The number of aliphatic hydroxyl groups excluding tert-OH is 1. The first-order valence-corrected chi connectivity index (χ1v) is 8.18. The Hall–Kier alpha value is -2.71. The lowest BCUT2D eigenvalue weighted by Crippen LogP contribution is -2.05. The van der Waals surface area contributed by atoms with E-state index in [4.69, 9.17) is 0 Å². The van der Waals surface area contributed by atoms with Crippen LogP contribution >= 0.6 is 0 Å². The molecule has 1 aromatic heterocycles. The molecule has 1 aromatic carbocycles. The van der Waals surface area contributed by atoms with Crippen molar-refractivity contribution in [2.75, 3.05) is 0 Å². The number of rotatable bonds is 4. The maximum Gasteiger partial charge on any atom is 0.103 e. The number of fused-ring (bicyclic) bond motifs is 1. The zero-order chi connectivity index (χ0) is 16.9. The summed E-state index contributed by atoms with van der Waals surface area (Å²) in [5.74, 6) is 0. The second-order valence-corrected chi connectivity index (χ2v) is 5.73. The molecule has 1 heterocycles. The molecule has 0 saturated heterocycles. The van der Waals surface area contributed by atoms with Crippen molar-refractivity contribution in [3.63, 3.8) is 0 Å². The highest BCUT2D eigenvalue weighted by Gasteiger charge is 2.21. The second kappa shape index (κ2) is 7.24. The molecule has 1 aliphatic rings. The molecule has 0 spiro atoms. The van der Waals surface area contributed by atoms with Crippen molar-refractivity contribution in [2.45, 2.75) is 19.4 Å². The Morgan fingerprint density at radius 1 is 1.17 bits per heavy atom. The molecule has 1 N–H and O–H groups in total. The van der Waals surface area contributed by atoms with Gasteiger partial charge in [0, 0.05) is 17.3 Å². The van der Waals surface area contributed by atoms with Crippen LogP contribution in [0.2, 0.25) is 0 Å². The Labute approximate surface area is 143 Å². The summed E-state index contributed by atoms with van der Waals surface area (Å²) in [5, 5.41) is 10.9. The van der Waals surface area contributed by atoms with Gasteiger partial charge in [-0.2, -0.15) is 0 Å². The van der Waals surface area contributed by atoms with Crippen LogP contribution in [0.5, 0.6) is 0 Å². The van der Waals surface area contributed by atoms with Crippen LogP contribution in [-0.4, -0.2) is 10.1 Å². The van der Waals surface area contributed by atoms with Crippen molar-refractivity contribution in [3.05, 3.63) is 95.9 Å². The monoisotopic (exact) mass is 315 g/mol. The summed E-state index contributed by atoms with van der Waals surface area (Å²) in [6.45, 7) is 5.78. The zero-order valence-electron chi connectivity index (χ0n) is 13.8. The first-order valence-electron chi connectivity index (χ1n) is 8.18. The molecule has 2 nitrogen and oxygen atoms in total. The molecule has 120 valence electrons. The van der Waals surface area contributed by atoms with Crippen LogP contribution in [0.3, 0.4) is 0 Å². The average Bonchev–Trinajstić information content (AvgIpc) is 2.77. The summed E-state index contributed by atoms with van der Waals surface area (Å²) in [6, 6.07) is 12.2. The van der Waals surface area contributed by atoms with Crippen LogP contribution < -0.4 is 0 Å². The van der Waals surface area contributed by atoms with Crippen LogP contribution in [0.15, 0.2) is 84.6 Å². The molecule has 2 aromatic rings. The predicted molar refractivity (Wildman–Crippen MR) is 100 cm³/mol. The van der Waals surface area contributed by atoms with E-state index in [2.05, 4.69) is 30.6 Å². The molecule has 3 rings (SSSR count). The van der Waals surface area contributed by atoms with Crippen LogP contribution in [-0.2, 0) is 0 Å². The maximum absolute atomic E-state index is 10.9. The van der Waals surface area contributed by atoms with Crippen molar-refractivity contribution < 1.29 is 5.11 Å². The summed E-state index contributed by atoms with van der Waals surface area (Å²) in [4.78, 5) is 4.57. The van der Waals surface area contributed by atoms with Gasteiger partial charge in [0.05, 0.1) is 5.69 Å². The van der Waals surface area contributed by atoms with E-state index in [0.29, 0.717) is 0 Å². The van der Waals surface area contributed by atoms with E-state index in [1.165, 1.54) is 0 Å². The van der Waals surface area contributed by atoms with E-state index in [0.717, 1.165) is 40.0 Å². The Morgan fingerprint density at radius 2 is 1.96 bits per heavy atom. The minimum absolute atomic E-state index is 0.652. The molecule has 0 saturated carbocycles. The second-order valence-electron chi connectivity index (χ2n) is 5.73. The molecule has 24 heavy (non-hydrogen) atoms. The highest BCUT2D eigenvalue weighted by molar-refractivity contribution is 5.68. The maximum atomic E-state index is 10.9. The Balaban J connectivity index is 2.09. The standard InChI is InChI=1S/C22H21NO/c1-3-5-9-17-12-13-21-20(22(24)19(17)4-2)14-18(15-23-21)16-10-7-6-8-11-16/h3,5-15,22,24H,1,4H2,2H3/b9-5-. The number of aromatic nitrogens is 1. The Bertz CT molecular complexity index is 828. The third-order valence-corrected chi connectivity index (χ3v) is 4.27. The topological polar surface area (TPSA) is 33.1 Å². The first kappa shape index (κ1) is 16.2. The third kappa shape index (κ3) is 3.15. The quantitative estimate of drug-likeness (QED) is 0.781. The van der Waals surface area contributed by atoms with E-state index >= 15 is 0 Å². The van der Waals surface area contributed by atoms with E-state index in [1.807, 2.05) is 54.8 Å². The summed E-state index contributed by atoms with van der Waals surface area (Å²) in [6.07, 6.45) is 11.6. The van der Waals surface area contributed by atoms with Gasteiger partial charge in [0.15, 0.2) is 0 Å². The average molecular weight is 315 g/mol. The van der Waals surface area contributed by atoms with E-state index in [9.17, 15) is 5.11 Å². The van der Waals surface area contributed by atoms with Crippen molar-refractivity contribution >= 4 is 6.08 Å². The number of nitrogens with zero attached hydrogens (tertiary/aromatic N) is 1. The minimum Gasteiger partial charge on any atom is -0.384 e. The number of allylic oxidation sites excluding steroid dienone is 5. The highest BCUT2D eigenvalue weighted by atomic mass is 16.3.